The number of aliphatic hydroxyl groups is 5. The Hall–Kier alpha value is -1.46. The summed E-state index contributed by atoms with van der Waals surface area (Å²) in [5, 5.41) is 71.7. The van der Waals surface area contributed by atoms with Crippen molar-refractivity contribution in [2.45, 2.75) is 181 Å². The van der Waals surface area contributed by atoms with E-state index in [4.69, 9.17) is 23.7 Å². The van der Waals surface area contributed by atoms with Crippen LogP contribution in [0.5, 0.6) is 0 Å². The van der Waals surface area contributed by atoms with Crippen LogP contribution in [0.15, 0.2) is 5.16 Å². The molecule has 298 valence electrons. The summed E-state index contributed by atoms with van der Waals surface area (Å²) in [6.07, 6.45) is -8.65. The molecule has 0 amide bonds. The van der Waals surface area contributed by atoms with E-state index < -0.39 is 102 Å². The fraction of sp³-hybridized carbons (Fsp3) is 0.946. The second kappa shape index (κ2) is 16.9. The molecule has 3 heterocycles. The zero-order valence-electron chi connectivity index (χ0n) is 33.0. The Kier molecular flexibility index (Phi) is 14.6. The van der Waals surface area contributed by atoms with E-state index in [-0.39, 0.29) is 30.7 Å². The summed E-state index contributed by atoms with van der Waals surface area (Å²) in [5.41, 5.74) is -4.16. The largest absolute Gasteiger partial charge is 0.459 e. The summed E-state index contributed by atoms with van der Waals surface area (Å²) in [4.78, 5) is 16.0. The molecule has 0 aromatic heterocycles. The van der Waals surface area contributed by atoms with Gasteiger partial charge in [0.1, 0.15) is 17.8 Å². The standard InChI is InChI=1S/C37H68N2O12/c1-14-25-37(11,45)30(41)20(4)27(38-46)18(2)16-36(10,44)32(51-34-28(40)24(39(12)13)15-19(3)47-34)21(5)29(22(6)33(43)49-25)50-26-17-35(8,9)31(42)23(7)48-26/h18-26,28-32,34,40-42,44-46H,14-17H2,1-13H3/b38-27+/t18-,19-,20+,21+,22-,23+,24+,25-,26?,28-,29+,30-,31+,32-,34+,36-,37-/m1/s1. The highest BCUT2D eigenvalue weighted by Crippen LogP contribution is 2.42. The number of oxime groups is 1. The van der Waals surface area contributed by atoms with Gasteiger partial charge in [0.25, 0.3) is 0 Å². The van der Waals surface area contributed by atoms with Crippen LogP contribution in [0.2, 0.25) is 0 Å². The van der Waals surface area contributed by atoms with Crippen LogP contribution in [-0.2, 0) is 28.5 Å². The molecule has 3 saturated heterocycles. The monoisotopic (exact) mass is 732 g/mol. The number of esters is 1. The lowest BCUT2D eigenvalue weighted by Crippen LogP contribution is -2.60. The molecule has 51 heavy (non-hydrogen) atoms. The molecular formula is C37H68N2O12. The van der Waals surface area contributed by atoms with Gasteiger partial charge in [-0.3, -0.25) is 4.79 Å². The molecule has 0 spiro atoms. The second-order valence-corrected chi connectivity index (χ2v) is 17.1. The van der Waals surface area contributed by atoms with Gasteiger partial charge < -0.3 is 59.3 Å². The number of hydrogen-bond acceptors (Lipinski definition) is 14. The van der Waals surface area contributed by atoms with Crippen LogP contribution in [-0.4, -0.2) is 140 Å². The fourth-order valence-electron chi connectivity index (χ4n) is 8.64. The lowest BCUT2D eigenvalue weighted by atomic mass is 9.73. The van der Waals surface area contributed by atoms with Crippen LogP contribution < -0.4 is 0 Å². The highest BCUT2D eigenvalue weighted by Gasteiger charge is 2.52. The van der Waals surface area contributed by atoms with E-state index in [2.05, 4.69) is 5.16 Å². The maximum absolute atomic E-state index is 14.1. The van der Waals surface area contributed by atoms with Crippen molar-refractivity contribution in [1.82, 2.24) is 4.90 Å². The molecule has 3 fully saturated rings. The quantitative estimate of drug-likeness (QED) is 0.132. The number of likely N-dealkylation sites (N-methyl/N-ethyl adjacent to an activating group) is 1. The molecule has 0 aromatic rings. The molecule has 3 aliphatic rings. The molecule has 14 nitrogen and oxygen atoms in total. The predicted octanol–water partition coefficient (Wildman–Crippen LogP) is 2.67. The van der Waals surface area contributed by atoms with Gasteiger partial charge in [0.05, 0.1) is 53.9 Å². The number of carbonyl (C=O) groups excluding carboxylic acids is 1. The smallest absolute Gasteiger partial charge is 0.311 e. The lowest BCUT2D eigenvalue weighted by molar-refractivity contribution is -0.312. The molecule has 14 heteroatoms. The first kappa shape index (κ1) is 43.9. The number of nitrogens with zero attached hydrogens (tertiary/aromatic N) is 2. The predicted molar refractivity (Wildman–Crippen MR) is 189 cm³/mol. The van der Waals surface area contributed by atoms with Crippen LogP contribution in [0.1, 0.15) is 102 Å². The van der Waals surface area contributed by atoms with Crippen molar-refractivity contribution in [3.63, 3.8) is 0 Å². The maximum Gasteiger partial charge on any atom is 0.311 e. The average Bonchev–Trinajstić information content (AvgIpc) is 3.02. The topological polar surface area (TPSA) is 200 Å². The summed E-state index contributed by atoms with van der Waals surface area (Å²) in [5.74, 6) is -4.10. The Labute approximate surface area is 304 Å². The van der Waals surface area contributed by atoms with E-state index in [1.807, 2.05) is 39.8 Å². The van der Waals surface area contributed by atoms with Gasteiger partial charge in [0, 0.05) is 30.2 Å². The number of carbonyl (C=O) groups is 1. The second-order valence-electron chi connectivity index (χ2n) is 17.1. The number of ether oxygens (including phenoxy) is 5. The van der Waals surface area contributed by atoms with Gasteiger partial charge in [-0.25, -0.2) is 0 Å². The van der Waals surface area contributed by atoms with Crippen LogP contribution in [0, 0.1) is 29.1 Å². The van der Waals surface area contributed by atoms with Gasteiger partial charge in [0.2, 0.25) is 0 Å². The molecule has 0 saturated carbocycles. The van der Waals surface area contributed by atoms with E-state index in [0.29, 0.717) is 12.8 Å². The van der Waals surface area contributed by atoms with E-state index in [1.54, 1.807) is 48.5 Å². The molecule has 6 N–H and O–H groups in total. The molecule has 0 radical (unpaired) electrons. The number of rotatable bonds is 6. The number of aliphatic hydroxyl groups excluding tert-OH is 3. The highest BCUT2D eigenvalue weighted by atomic mass is 16.7. The number of cyclic esters (lactones) is 1. The highest BCUT2D eigenvalue weighted by molar-refractivity contribution is 5.88. The van der Waals surface area contributed by atoms with Gasteiger partial charge in [-0.15, -0.1) is 0 Å². The molecule has 0 aliphatic carbocycles. The fourth-order valence-corrected chi connectivity index (χ4v) is 8.64. The third kappa shape index (κ3) is 9.62. The average molecular weight is 733 g/mol. The third-order valence-corrected chi connectivity index (χ3v) is 11.8. The van der Waals surface area contributed by atoms with E-state index >= 15 is 0 Å². The Morgan fingerprint density at radius 3 is 2.04 bits per heavy atom. The molecule has 0 bridgehead atoms. The zero-order chi connectivity index (χ0) is 39.0. The van der Waals surface area contributed by atoms with Gasteiger partial charge in [-0.05, 0) is 73.4 Å². The first-order valence-corrected chi connectivity index (χ1v) is 18.6. The van der Waals surface area contributed by atoms with Crippen molar-refractivity contribution in [2.75, 3.05) is 14.1 Å². The first-order chi connectivity index (χ1) is 23.4. The molecule has 3 aliphatic heterocycles. The first-order valence-electron chi connectivity index (χ1n) is 18.6. The Morgan fingerprint density at radius 2 is 1.51 bits per heavy atom. The van der Waals surface area contributed by atoms with E-state index in [1.165, 1.54) is 6.92 Å². The third-order valence-electron chi connectivity index (χ3n) is 11.8. The van der Waals surface area contributed by atoms with Crippen molar-refractivity contribution in [1.29, 1.82) is 0 Å². The minimum absolute atomic E-state index is 0.0466. The summed E-state index contributed by atoms with van der Waals surface area (Å²) in [7, 11) is 3.72. The van der Waals surface area contributed by atoms with Gasteiger partial charge in [0.15, 0.2) is 12.6 Å². The molecule has 17 atom stereocenters. The SMILES string of the molecule is CC[C@H]1OC(=O)[C@H](C)[C@@H](OC2CC(C)(C)[C@@H](O)[C@H](C)O2)[C@H](C)[C@@H](O[C@@H]2O[C@H](C)C[C@H](N(C)C)[C@H]2O)[C@](C)(O)C[C@@H](C)/C(=N\O)[C@H](C)[C@@H](O)[C@]1(C)O. The molecule has 3 rings (SSSR count). The van der Waals surface area contributed by atoms with Crippen LogP contribution in [0.4, 0.5) is 0 Å². The summed E-state index contributed by atoms with van der Waals surface area (Å²) in [6.45, 7) is 18.9. The number of hydrogen-bond donors (Lipinski definition) is 6. The van der Waals surface area contributed by atoms with E-state index in [0.717, 1.165) is 0 Å². The molecule has 1 unspecified atom stereocenters. The minimum Gasteiger partial charge on any atom is -0.459 e. The van der Waals surface area contributed by atoms with Gasteiger partial charge in [-0.2, -0.15) is 0 Å². The Bertz CT molecular complexity index is 1180. The maximum atomic E-state index is 14.1. The van der Waals surface area contributed by atoms with Crippen molar-refractivity contribution in [3.05, 3.63) is 0 Å². The van der Waals surface area contributed by atoms with Crippen LogP contribution in [0.25, 0.3) is 0 Å². The molecule has 0 aromatic carbocycles. The summed E-state index contributed by atoms with van der Waals surface area (Å²) >= 11 is 0. The summed E-state index contributed by atoms with van der Waals surface area (Å²) < 4.78 is 31.6. The zero-order valence-corrected chi connectivity index (χ0v) is 33.0. The van der Waals surface area contributed by atoms with Gasteiger partial charge >= 0.3 is 5.97 Å². The lowest BCUT2D eigenvalue weighted by Gasteiger charge is -2.49. The minimum atomic E-state index is -1.95. The van der Waals surface area contributed by atoms with Crippen LogP contribution in [0.3, 0.4) is 0 Å². The van der Waals surface area contributed by atoms with Crippen molar-refractivity contribution in [3.8, 4) is 0 Å². The normalized spacial score (nSPS) is 48.6. The van der Waals surface area contributed by atoms with Crippen molar-refractivity contribution in [2.24, 2.45) is 34.2 Å². The summed E-state index contributed by atoms with van der Waals surface area (Å²) in [6, 6.07) is -0.308. The molecular weight excluding hydrogens is 664 g/mol. The van der Waals surface area contributed by atoms with Crippen molar-refractivity contribution < 1.29 is 59.2 Å². The Morgan fingerprint density at radius 1 is 0.902 bits per heavy atom. The van der Waals surface area contributed by atoms with Crippen molar-refractivity contribution >= 4 is 11.7 Å². The van der Waals surface area contributed by atoms with E-state index in [9.17, 15) is 35.5 Å². The Balaban J connectivity index is 2.20. The van der Waals surface area contributed by atoms with Crippen LogP contribution >= 0.6 is 0 Å². The van der Waals surface area contributed by atoms with Gasteiger partial charge in [-0.1, -0.05) is 46.7 Å².